The van der Waals surface area contributed by atoms with Crippen molar-refractivity contribution in [1.82, 2.24) is 5.32 Å². The van der Waals surface area contributed by atoms with Gasteiger partial charge in [0.05, 0.1) is 6.10 Å². The molecule has 0 heterocycles. The minimum Gasteiger partial charge on any atom is -0.382 e. The normalized spacial score (nSPS) is 14.6. The molecule has 0 aliphatic heterocycles. The number of rotatable bonds is 7. The second kappa shape index (κ2) is 7.70. The van der Waals surface area contributed by atoms with Crippen molar-refractivity contribution in [2.45, 2.75) is 25.9 Å². The molecule has 2 atom stereocenters. The summed E-state index contributed by atoms with van der Waals surface area (Å²) in [6, 6.07) is 8.09. The first-order valence-corrected chi connectivity index (χ1v) is 6.45. The van der Waals surface area contributed by atoms with Crippen LogP contribution >= 0.6 is 11.6 Å². The summed E-state index contributed by atoms with van der Waals surface area (Å²) in [6.45, 7) is 3.11. The van der Waals surface area contributed by atoms with E-state index in [1.165, 1.54) is 5.56 Å². The van der Waals surface area contributed by atoms with Gasteiger partial charge in [0.2, 0.25) is 0 Å². The highest BCUT2D eigenvalue weighted by Crippen LogP contribution is 2.18. The van der Waals surface area contributed by atoms with Crippen molar-refractivity contribution in [3.05, 3.63) is 34.9 Å². The SMILES string of the molecule is CNCC(Cc1cccc(Cl)c1)CC(C)OC. The lowest BCUT2D eigenvalue weighted by Gasteiger charge is -2.20. The van der Waals surface area contributed by atoms with Crippen LogP contribution < -0.4 is 5.32 Å². The summed E-state index contributed by atoms with van der Waals surface area (Å²) in [5.41, 5.74) is 1.29. The van der Waals surface area contributed by atoms with Gasteiger partial charge in [0.25, 0.3) is 0 Å². The molecule has 0 aromatic heterocycles. The number of ether oxygens (including phenoxy) is 1. The second-order valence-corrected chi connectivity index (χ2v) is 4.98. The molecule has 0 spiro atoms. The van der Waals surface area contributed by atoms with Crippen LogP contribution in [0.2, 0.25) is 5.02 Å². The predicted octanol–water partition coefficient (Wildman–Crippen LogP) is 3.14. The molecule has 0 amide bonds. The molecule has 1 N–H and O–H groups in total. The van der Waals surface area contributed by atoms with Gasteiger partial charge in [0.1, 0.15) is 0 Å². The minimum atomic E-state index is 0.299. The van der Waals surface area contributed by atoms with Gasteiger partial charge in [0.15, 0.2) is 0 Å². The molecular formula is C14H22ClNO. The zero-order valence-electron chi connectivity index (χ0n) is 10.9. The average molecular weight is 256 g/mol. The Balaban J connectivity index is 2.59. The fourth-order valence-electron chi connectivity index (χ4n) is 2.09. The van der Waals surface area contributed by atoms with Crippen molar-refractivity contribution < 1.29 is 4.74 Å². The van der Waals surface area contributed by atoms with E-state index in [0.29, 0.717) is 12.0 Å². The van der Waals surface area contributed by atoms with Crippen molar-refractivity contribution in [2.24, 2.45) is 5.92 Å². The highest BCUT2D eigenvalue weighted by atomic mass is 35.5. The summed E-state index contributed by atoms with van der Waals surface area (Å²) < 4.78 is 5.33. The molecular weight excluding hydrogens is 234 g/mol. The summed E-state index contributed by atoms with van der Waals surface area (Å²) in [6.07, 6.45) is 2.39. The molecule has 2 unspecified atom stereocenters. The molecule has 3 heteroatoms. The molecule has 0 aliphatic carbocycles. The van der Waals surface area contributed by atoms with Crippen molar-refractivity contribution in [1.29, 1.82) is 0 Å². The second-order valence-electron chi connectivity index (χ2n) is 4.54. The Bertz CT molecular complexity index is 330. The molecule has 96 valence electrons. The molecule has 0 aliphatic rings. The van der Waals surface area contributed by atoms with E-state index in [9.17, 15) is 0 Å². The van der Waals surface area contributed by atoms with Crippen LogP contribution in [0.1, 0.15) is 18.9 Å². The smallest absolute Gasteiger partial charge is 0.0546 e. The molecule has 1 rings (SSSR count). The summed E-state index contributed by atoms with van der Waals surface area (Å²) in [7, 11) is 3.75. The zero-order valence-corrected chi connectivity index (χ0v) is 11.6. The highest BCUT2D eigenvalue weighted by Gasteiger charge is 2.13. The Morgan fingerprint density at radius 1 is 1.41 bits per heavy atom. The van der Waals surface area contributed by atoms with Gasteiger partial charge < -0.3 is 10.1 Å². The molecule has 1 aromatic rings. The predicted molar refractivity (Wildman–Crippen MR) is 73.7 cm³/mol. The van der Waals surface area contributed by atoms with E-state index in [0.717, 1.165) is 24.4 Å². The van der Waals surface area contributed by atoms with Crippen LogP contribution in [0.25, 0.3) is 0 Å². The third-order valence-electron chi connectivity index (χ3n) is 2.97. The number of nitrogens with one attached hydrogen (secondary N) is 1. The molecule has 1 aromatic carbocycles. The molecule has 2 nitrogen and oxygen atoms in total. The topological polar surface area (TPSA) is 21.3 Å². The maximum Gasteiger partial charge on any atom is 0.0546 e. The molecule has 0 bridgehead atoms. The Morgan fingerprint density at radius 2 is 2.18 bits per heavy atom. The Labute approximate surface area is 109 Å². The van der Waals surface area contributed by atoms with Crippen LogP contribution in [0.4, 0.5) is 0 Å². The lowest BCUT2D eigenvalue weighted by molar-refractivity contribution is 0.0949. The number of benzene rings is 1. The first-order valence-electron chi connectivity index (χ1n) is 6.07. The Kier molecular flexibility index (Phi) is 6.56. The molecule has 0 saturated heterocycles. The van der Waals surface area contributed by atoms with Crippen LogP contribution in [0.15, 0.2) is 24.3 Å². The number of hydrogen-bond donors (Lipinski definition) is 1. The maximum atomic E-state index is 6.00. The molecule has 17 heavy (non-hydrogen) atoms. The third kappa shape index (κ3) is 5.53. The van der Waals surface area contributed by atoms with Gasteiger partial charge in [-0.05, 0) is 57.0 Å². The Hall–Kier alpha value is -0.570. The quantitative estimate of drug-likeness (QED) is 0.808. The van der Waals surface area contributed by atoms with E-state index < -0.39 is 0 Å². The van der Waals surface area contributed by atoms with E-state index in [1.54, 1.807) is 7.11 Å². The van der Waals surface area contributed by atoms with Crippen molar-refractivity contribution in [3.63, 3.8) is 0 Å². The van der Waals surface area contributed by atoms with Gasteiger partial charge in [-0.3, -0.25) is 0 Å². The van der Waals surface area contributed by atoms with E-state index in [2.05, 4.69) is 18.3 Å². The van der Waals surface area contributed by atoms with E-state index in [4.69, 9.17) is 16.3 Å². The fraction of sp³-hybridized carbons (Fsp3) is 0.571. The van der Waals surface area contributed by atoms with Gasteiger partial charge in [-0.15, -0.1) is 0 Å². The number of halogens is 1. The standard InChI is InChI=1S/C14H22ClNO/c1-11(17-3)7-13(10-16-2)8-12-5-4-6-14(15)9-12/h4-6,9,11,13,16H,7-8,10H2,1-3H3. The van der Waals surface area contributed by atoms with Crippen LogP contribution in [-0.4, -0.2) is 26.8 Å². The highest BCUT2D eigenvalue weighted by molar-refractivity contribution is 6.30. The van der Waals surface area contributed by atoms with Gasteiger partial charge in [0, 0.05) is 12.1 Å². The monoisotopic (exact) mass is 255 g/mol. The van der Waals surface area contributed by atoms with E-state index >= 15 is 0 Å². The first-order chi connectivity index (χ1) is 8.15. The number of hydrogen-bond acceptors (Lipinski definition) is 2. The van der Waals surface area contributed by atoms with Crippen LogP contribution in [-0.2, 0) is 11.2 Å². The van der Waals surface area contributed by atoms with Crippen LogP contribution in [0.5, 0.6) is 0 Å². The largest absolute Gasteiger partial charge is 0.382 e. The lowest BCUT2D eigenvalue weighted by Crippen LogP contribution is -2.24. The average Bonchev–Trinajstić information content (AvgIpc) is 2.29. The molecule has 0 radical (unpaired) electrons. The summed E-state index contributed by atoms with van der Waals surface area (Å²) >= 11 is 6.00. The number of methoxy groups -OCH3 is 1. The zero-order chi connectivity index (χ0) is 12.7. The van der Waals surface area contributed by atoms with Crippen LogP contribution in [0, 0.1) is 5.92 Å². The lowest BCUT2D eigenvalue weighted by atomic mass is 9.94. The van der Waals surface area contributed by atoms with Crippen molar-refractivity contribution in [3.8, 4) is 0 Å². The van der Waals surface area contributed by atoms with Gasteiger partial charge in [-0.25, -0.2) is 0 Å². The van der Waals surface area contributed by atoms with Gasteiger partial charge >= 0.3 is 0 Å². The van der Waals surface area contributed by atoms with Gasteiger partial charge in [-0.2, -0.15) is 0 Å². The first kappa shape index (κ1) is 14.5. The summed E-state index contributed by atoms with van der Waals surface area (Å²) in [5.74, 6) is 0.577. The maximum absolute atomic E-state index is 6.00. The Morgan fingerprint density at radius 3 is 2.76 bits per heavy atom. The van der Waals surface area contributed by atoms with Crippen LogP contribution in [0.3, 0.4) is 0 Å². The minimum absolute atomic E-state index is 0.299. The van der Waals surface area contributed by atoms with E-state index in [-0.39, 0.29) is 0 Å². The van der Waals surface area contributed by atoms with Crippen molar-refractivity contribution >= 4 is 11.6 Å². The molecule has 0 fully saturated rings. The van der Waals surface area contributed by atoms with E-state index in [1.807, 2.05) is 25.2 Å². The van der Waals surface area contributed by atoms with Gasteiger partial charge in [-0.1, -0.05) is 23.7 Å². The molecule has 0 saturated carbocycles. The summed E-state index contributed by atoms with van der Waals surface area (Å²) in [5, 5.41) is 4.05. The van der Waals surface area contributed by atoms with Crippen molar-refractivity contribution in [2.75, 3.05) is 20.7 Å². The summed E-state index contributed by atoms with van der Waals surface area (Å²) in [4.78, 5) is 0. The third-order valence-corrected chi connectivity index (χ3v) is 3.21. The fourth-order valence-corrected chi connectivity index (χ4v) is 2.30.